The van der Waals surface area contributed by atoms with Gasteiger partial charge in [-0.2, -0.15) is 0 Å². The minimum atomic E-state index is -0.220. The van der Waals surface area contributed by atoms with Crippen LogP contribution in [-0.4, -0.2) is 50.1 Å². The molecule has 0 aromatic rings. The first-order chi connectivity index (χ1) is 18.9. The highest BCUT2D eigenvalue weighted by atomic mass is 16.5. The van der Waals surface area contributed by atoms with Gasteiger partial charge in [0.25, 0.3) is 0 Å². The average Bonchev–Trinajstić information content (AvgIpc) is 3.24. The molecule has 0 radical (unpaired) electrons. The Morgan fingerprint density at radius 2 is 1.68 bits per heavy atom. The molecular weight excluding hydrogens is 496 g/mol. The Bertz CT molecular complexity index is 899. The maximum atomic E-state index is 12.6. The van der Waals surface area contributed by atoms with Crippen LogP contribution in [0.5, 0.6) is 0 Å². The lowest BCUT2D eigenvalue weighted by molar-refractivity contribution is -0.156. The summed E-state index contributed by atoms with van der Waals surface area (Å²) in [6, 6.07) is 0. The van der Waals surface area contributed by atoms with E-state index in [0.29, 0.717) is 23.3 Å². The Kier molecular flexibility index (Phi) is 10.5. The van der Waals surface area contributed by atoms with E-state index in [1.807, 2.05) is 19.0 Å². The van der Waals surface area contributed by atoms with Crippen molar-refractivity contribution >= 4 is 11.9 Å². The van der Waals surface area contributed by atoms with Crippen LogP contribution in [0.2, 0.25) is 0 Å². The number of allylic oxidation sites excluding steroid dienone is 2. The Hall–Kier alpha value is -1.36. The van der Waals surface area contributed by atoms with Crippen LogP contribution in [0.4, 0.5) is 0 Å². The van der Waals surface area contributed by atoms with E-state index < -0.39 is 0 Å². The van der Waals surface area contributed by atoms with Crippen LogP contribution >= 0.6 is 0 Å². The van der Waals surface area contributed by atoms with Crippen LogP contribution in [0.15, 0.2) is 12.2 Å². The summed E-state index contributed by atoms with van der Waals surface area (Å²) in [5.74, 6) is 5.06. The molecular formula is C35H60N2O3. The lowest BCUT2D eigenvalue weighted by Crippen LogP contribution is -2.52. The zero-order valence-corrected chi connectivity index (χ0v) is 26.8. The third kappa shape index (κ3) is 6.98. The molecule has 1 amide bonds. The molecule has 0 bridgehead atoms. The Labute approximate surface area is 245 Å². The molecule has 0 aliphatic heterocycles. The Morgan fingerprint density at radius 1 is 0.950 bits per heavy atom. The summed E-state index contributed by atoms with van der Waals surface area (Å²) in [7, 11) is 3.96. The van der Waals surface area contributed by atoms with Gasteiger partial charge in [-0.15, -0.1) is 0 Å². The molecule has 0 spiro atoms. The van der Waals surface area contributed by atoms with E-state index in [4.69, 9.17) is 4.74 Å². The maximum Gasteiger partial charge on any atom is 0.306 e. The summed E-state index contributed by atoms with van der Waals surface area (Å²) >= 11 is 0. The van der Waals surface area contributed by atoms with Crippen molar-refractivity contribution in [2.75, 3.05) is 27.2 Å². The van der Waals surface area contributed by atoms with Crippen molar-refractivity contribution in [3.63, 3.8) is 0 Å². The van der Waals surface area contributed by atoms with Gasteiger partial charge in [-0.25, -0.2) is 0 Å². The van der Waals surface area contributed by atoms with E-state index in [0.717, 1.165) is 61.3 Å². The van der Waals surface area contributed by atoms with Crippen molar-refractivity contribution < 1.29 is 14.3 Å². The smallest absolute Gasteiger partial charge is 0.306 e. The van der Waals surface area contributed by atoms with E-state index in [9.17, 15) is 9.59 Å². The standard InChI is InChI=1S/C35H60N2O3/c1-24(2)9-8-10-25(3)29-13-14-30-28-12-11-26-23-27(17-19-34(26,4)31(28)18-20-35(29,30)5)40-33(39)16-15-32(38)36-21-22-37(6)7/h11-12,24-31H,8-10,13-23H2,1-7H3,(H,36,38). The third-order valence-corrected chi connectivity index (χ3v) is 12.1. The molecule has 0 aromatic heterocycles. The predicted molar refractivity (Wildman–Crippen MR) is 164 cm³/mol. The fraction of sp³-hybridized carbons (Fsp3) is 0.886. The first kappa shape index (κ1) is 31.6. The van der Waals surface area contributed by atoms with E-state index >= 15 is 0 Å². The molecule has 9 unspecified atom stereocenters. The van der Waals surface area contributed by atoms with Crippen LogP contribution in [0.25, 0.3) is 0 Å². The second-order valence-corrected chi connectivity index (χ2v) is 15.4. The zero-order chi connectivity index (χ0) is 29.1. The number of nitrogens with zero attached hydrogens (tertiary/aromatic N) is 1. The fourth-order valence-corrected chi connectivity index (χ4v) is 9.68. The van der Waals surface area contributed by atoms with E-state index in [1.54, 1.807) is 0 Å². The molecule has 9 atom stereocenters. The van der Waals surface area contributed by atoms with E-state index in [2.05, 4.69) is 52.1 Å². The largest absolute Gasteiger partial charge is 0.462 e. The fourth-order valence-electron chi connectivity index (χ4n) is 9.68. The van der Waals surface area contributed by atoms with Crippen LogP contribution in [0.3, 0.4) is 0 Å². The first-order valence-corrected chi connectivity index (χ1v) is 16.7. The van der Waals surface area contributed by atoms with Gasteiger partial charge in [0.1, 0.15) is 6.10 Å². The second kappa shape index (κ2) is 13.3. The molecule has 40 heavy (non-hydrogen) atoms. The summed E-state index contributed by atoms with van der Waals surface area (Å²) < 4.78 is 5.93. The van der Waals surface area contributed by atoms with Crippen LogP contribution in [-0.2, 0) is 14.3 Å². The summed E-state index contributed by atoms with van der Waals surface area (Å²) in [6.07, 6.45) is 18.3. The monoisotopic (exact) mass is 556 g/mol. The minimum absolute atomic E-state index is 0.0139. The summed E-state index contributed by atoms with van der Waals surface area (Å²) in [6.45, 7) is 13.9. The lowest BCUT2D eigenvalue weighted by Gasteiger charge is -2.59. The van der Waals surface area contributed by atoms with Gasteiger partial charge in [-0.1, -0.05) is 66.0 Å². The highest BCUT2D eigenvalue weighted by molar-refractivity contribution is 5.81. The van der Waals surface area contributed by atoms with Crippen molar-refractivity contribution in [1.29, 1.82) is 0 Å². The average molecular weight is 557 g/mol. The van der Waals surface area contributed by atoms with Gasteiger partial charge in [-0.05, 0) is 111 Å². The number of amides is 1. The Balaban J connectivity index is 1.30. The molecule has 228 valence electrons. The highest BCUT2D eigenvalue weighted by Gasteiger charge is 2.59. The van der Waals surface area contributed by atoms with Crippen molar-refractivity contribution in [1.82, 2.24) is 10.2 Å². The van der Waals surface area contributed by atoms with Gasteiger partial charge in [0.05, 0.1) is 6.42 Å². The van der Waals surface area contributed by atoms with Gasteiger partial charge in [0.2, 0.25) is 5.91 Å². The van der Waals surface area contributed by atoms with Gasteiger partial charge in [0.15, 0.2) is 0 Å². The number of carbonyl (C=O) groups excluding carboxylic acids is 2. The summed E-state index contributed by atoms with van der Waals surface area (Å²) in [5, 5.41) is 2.88. The molecule has 5 nitrogen and oxygen atoms in total. The predicted octanol–water partition coefficient (Wildman–Crippen LogP) is 7.25. The topological polar surface area (TPSA) is 58.6 Å². The van der Waals surface area contributed by atoms with Gasteiger partial charge in [-0.3, -0.25) is 9.59 Å². The molecule has 3 saturated carbocycles. The SMILES string of the molecule is CC(C)CCCC(C)C1CCC2C3C=CC4CC(OC(=O)CCC(=O)NCCN(C)C)CCC4(C)C3CCC12C. The van der Waals surface area contributed by atoms with E-state index in [-0.39, 0.29) is 30.8 Å². The number of likely N-dealkylation sites (N-methyl/N-ethyl adjacent to an activating group) is 1. The van der Waals surface area contributed by atoms with E-state index in [1.165, 1.54) is 44.9 Å². The maximum absolute atomic E-state index is 12.6. The van der Waals surface area contributed by atoms with Crippen molar-refractivity contribution in [3.8, 4) is 0 Å². The number of esters is 1. The first-order valence-electron chi connectivity index (χ1n) is 16.7. The van der Waals surface area contributed by atoms with Gasteiger partial charge >= 0.3 is 5.97 Å². The molecule has 5 heteroatoms. The molecule has 3 fully saturated rings. The normalized spacial score (nSPS) is 37.5. The minimum Gasteiger partial charge on any atom is -0.462 e. The van der Waals surface area contributed by atoms with Crippen LogP contribution < -0.4 is 5.32 Å². The van der Waals surface area contributed by atoms with Crippen molar-refractivity contribution in [2.24, 2.45) is 52.3 Å². The van der Waals surface area contributed by atoms with Crippen LogP contribution in [0, 0.1) is 52.3 Å². The number of rotatable bonds is 12. The lowest BCUT2D eigenvalue weighted by atomic mass is 9.46. The quantitative estimate of drug-likeness (QED) is 0.203. The molecule has 4 aliphatic carbocycles. The molecule has 0 saturated heterocycles. The summed E-state index contributed by atoms with van der Waals surface area (Å²) in [4.78, 5) is 26.7. The molecule has 0 aromatic carbocycles. The van der Waals surface area contributed by atoms with Gasteiger partial charge < -0.3 is 15.0 Å². The third-order valence-electron chi connectivity index (χ3n) is 12.1. The van der Waals surface area contributed by atoms with Crippen LogP contribution in [0.1, 0.15) is 112 Å². The molecule has 4 aliphatic rings. The number of fused-ring (bicyclic) bond motifs is 5. The number of ether oxygens (including phenoxy) is 1. The number of carbonyl (C=O) groups is 2. The van der Waals surface area contributed by atoms with Gasteiger partial charge in [0, 0.05) is 19.5 Å². The van der Waals surface area contributed by atoms with Crippen molar-refractivity contribution in [2.45, 2.75) is 118 Å². The number of hydrogen-bond donors (Lipinski definition) is 1. The zero-order valence-electron chi connectivity index (χ0n) is 26.8. The van der Waals surface area contributed by atoms with Crippen molar-refractivity contribution in [3.05, 3.63) is 12.2 Å². The highest BCUT2D eigenvalue weighted by Crippen LogP contribution is 2.67. The number of nitrogens with one attached hydrogen (secondary N) is 1. The molecule has 0 heterocycles. The molecule has 1 N–H and O–H groups in total. The summed E-state index contributed by atoms with van der Waals surface area (Å²) in [5.41, 5.74) is 0.814. The number of hydrogen-bond acceptors (Lipinski definition) is 4. The molecule has 4 rings (SSSR count). The Morgan fingerprint density at radius 3 is 2.40 bits per heavy atom. The second-order valence-electron chi connectivity index (χ2n) is 15.4.